The summed E-state index contributed by atoms with van der Waals surface area (Å²) in [5, 5.41) is 8.46. The van der Waals surface area contributed by atoms with Crippen LogP contribution >= 0.6 is 11.6 Å². The maximum absolute atomic E-state index is 6.32. The van der Waals surface area contributed by atoms with Crippen molar-refractivity contribution in [2.24, 2.45) is 0 Å². The van der Waals surface area contributed by atoms with Gasteiger partial charge in [0.25, 0.3) is 0 Å². The molecule has 0 aliphatic heterocycles. The molecule has 1 saturated carbocycles. The van der Waals surface area contributed by atoms with Gasteiger partial charge in [0.2, 0.25) is 0 Å². The summed E-state index contributed by atoms with van der Waals surface area (Å²) in [5.74, 6) is 0.675. The molecule has 1 heterocycles. The summed E-state index contributed by atoms with van der Waals surface area (Å²) in [6.45, 7) is 0.826. The number of aromatic nitrogens is 2. The Morgan fingerprint density at radius 1 is 1.39 bits per heavy atom. The molecule has 0 saturated heterocycles. The van der Waals surface area contributed by atoms with Crippen LogP contribution < -0.4 is 5.32 Å². The Kier molecular flexibility index (Phi) is 3.10. The maximum Gasteiger partial charge on any atom is 0.0832 e. The largest absolute Gasteiger partial charge is 0.316 e. The number of benzene rings is 1. The molecular formula is C14H16ClN3. The summed E-state index contributed by atoms with van der Waals surface area (Å²) in [6, 6.07) is 8.19. The Balaban J connectivity index is 1.90. The molecule has 0 spiro atoms. The number of rotatable bonds is 4. The van der Waals surface area contributed by atoms with Crippen LogP contribution in [0.15, 0.2) is 30.5 Å². The minimum absolute atomic E-state index is 0.675. The van der Waals surface area contributed by atoms with Crippen LogP contribution in [0.1, 0.15) is 30.0 Å². The van der Waals surface area contributed by atoms with Gasteiger partial charge >= 0.3 is 0 Å². The normalized spacial score (nSPS) is 15.0. The Morgan fingerprint density at radius 3 is 2.89 bits per heavy atom. The first-order chi connectivity index (χ1) is 8.78. The second-order valence-electron chi connectivity index (χ2n) is 4.78. The number of hydrogen-bond donors (Lipinski definition) is 1. The summed E-state index contributed by atoms with van der Waals surface area (Å²) >= 11 is 6.32. The molecule has 1 fully saturated rings. The summed E-state index contributed by atoms with van der Waals surface area (Å²) in [4.78, 5) is 0. The van der Waals surface area contributed by atoms with Crippen molar-refractivity contribution in [1.82, 2.24) is 15.1 Å². The van der Waals surface area contributed by atoms with Crippen molar-refractivity contribution in [3.8, 4) is 5.69 Å². The van der Waals surface area contributed by atoms with Crippen molar-refractivity contribution in [2.45, 2.75) is 25.3 Å². The van der Waals surface area contributed by atoms with Crippen LogP contribution in [0.25, 0.3) is 5.69 Å². The van der Waals surface area contributed by atoms with Crippen LogP contribution in [-0.4, -0.2) is 16.8 Å². The summed E-state index contributed by atoms with van der Waals surface area (Å²) in [7, 11) is 1.93. The van der Waals surface area contributed by atoms with Crippen LogP contribution in [0.5, 0.6) is 0 Å². The van der Waals surface area contributed by atoms with Gasteiger partial charge in [0.15, 0.2) is 0 Å². The van der Waals surface area contributed by atoms with E-state index in [9.17, 15) is 0 Å². The van der Waals surface area contributed by atoms with Gasteiger partial charge in [-0.2, -0.15) is 5.10 Å². The second-order valence-corrected chi connectivity index (χ2v) is 5.18. The predicted octanol–water partition coefficient (Wildman–Crippen LogP) is 3.12. The van der Waals surface area contributed by atoms with E-state index >= 15 is 0 Å². The van der Waals surface area contributed by atoms with E-state index in [2.05, 4.69) is 22.5 Å². The standard InChI is InChI=1S/C14H16ClN3/c1-16-9-10-2-5-14(12(15)8-10)18-7-6-13(17-18)11-3-4-11/h2,5-8,11,16H,3-4,9H2,1H3. The van der Waals surface area contributed by atoms with Gasteiger partial charge in [-0.1, -0.05) is 17.7 Å². The van der Waals surface area contributed by atoms with E-state index in [1.54, 1.807) is 0 Å². The fraction of sp³-hybridized carbons (Fsp3) is 0.357. The first-order valence-electron chi connectivity index (χ1n) is 6.27. The van der Waals surface area contributed by atoms with Crippen molar-refractivity contribution >= 4 is 11.6 Å². The number of halogens is 1. The molecule has 1 aromatic carbocycles. The summed E-state index contributed by atoms with van der Waals surface area (Å²) in [5.41, 5.74) is 3.31. The second kappa shape index (κ2) is 4.75. The Morgan fingerprint density at radius 2 is 2.22 bits per heavy atom. The fourth-order valence-corrected chi connectivity index (χ4v) is 2.41. The van der Waals surface area contributed by atoms with Gasteiger partial charge in [-0.05, 0) is 43.7 Å². The summed E-state index contributed by atoms with van der Waals surface area (Å²) < 4.78 is 1.87. The molecule has 1 aliphatic rings. The lowest BCUT2D eigenvalue weighted by Gasteiger charge is -2.07. The van der Waals surface area contributed by atoms with Crippen LogP contribution in [-0.2, 0) is 6.54 Å². The average molecular weight is 262 g/mol. The molecule has 18 heavy (non-hydrogen) atoms. The minimum atomic E-state index is 0.675. The van der Waals surface area contributed by atoms with E-state index in [-0.39, 0.29) is 0 Å². The smallest absolute Gasteiger partial charge is 0.0832 e. The molecule has 1 aromatic heterocycles. The lowest BCUT2D eigenvalue weighted by Crippen LogP contribution is -2.05. The zero-order chi connectivity index (χ0) is 12.5. The molecule has 94 valence electrons. The Labute approximate surface area is 112 Å². The van der Waals surface area contributed by atoms with Crippen LogP contribution in [0.3, 0.4) is 0 Å². The molecule has 1 aliphatic carbocycles. The van der Waals surface area contributed by atoms with Crippen LogP contribution in [0, 0.1) is 0 Å². The Hall–Kier alpha value is -1.32. The lowest BCUT2D eigenvalue weighted by atomic mass is 10.2. The molecule has 4 heteroatoms. The first-order valence-corrected chi connectivity index (χ1v) is 6.64. The van der Waals surface area contributed by atoms with Crippen LogP contribution in [0.2, 0.25) is 5.02 Å². The van der Waals surface area contributed by atoms with Crippen molar-refractivity contribution in [2.75, 3.05) is 7.05 Å². The fourth-order valence-electron chi connectivity index (χ4n) is 2.12. The lowest BCUT2D eigenvalue weighted by molar-refractivity contribution is 0.812. The van der Waals surface area contributed by atoms with Gasteiger partial charge in [-0.15, -0.1) is 0 Å². The van der Waals surface area contributed by atoms with Gasteiger partial charge in [-0.3, -0.25) is 0 Å². The maximum atomic E-state index is 6.32. The van der Waals surface area contributed by atoms with E-state index in [0.29, 0.717) is 5.92 Å². The molecular weight excluding hydrogens is 246 g/mol. The third kappa shape index (κ3) is 2.28. The topological polar surface area (TPSA) is 29.9 Å². The monoisotopic (exact) mass is 261 g/mol. The minimum Gasteiger partial charge on any atom is -0.316 e. The third-order valence-electron chi connectivity index (χ3n) is 3.25. The number of nitrogens with one attached hydrogen (secondary N) is 1. The molecule has 0 radical (unpaired) electrons. The highest BCUT2D eigenvalue weighted by atomic mass is 35.5. The van der Waals surface area contributed by atoms with Gasteiger partial charge in [0.1, 0.15) is 0 Å². The zero-order valence-corrected chi connectivity index (χ0v) is 11.1. The molecule has 0 unspecified atom stereocenters. The van der Waals surface area contributed by atoms with E-state index in [4.69, 9.17) is 11.6 Å². The molecule has 1 N–H and O–H groups in total. The molecule has 0 bridgehead atoms. The van der Waals surface area contributed by atoms with Crippen LogP contribution in [0.4, 0.5) is 0 Å². The molecule has 0 amide bonds. The quantitative estimate of drug-likeness (QED) is 0.917. The van der Waals surface area contributed by atoms with E-state index < -0.39 is 0 Å². The van der Waals surface area contributed by atoms with E-state index in [1.165, 1.54) is 24.1 Å². The highest BCUT2D eigenvalue weighted by Gasteiger charge is 2.26. The highest BCUT2D eigenvalue weighted by molar-refractivity contribution is 6.32. The van der Waals surface area contributed by atoms with Crippen molar-refractivity contribution in [1.29, 1.82) is 0 Å². The van der Waals surface area contributed by atoms with E-state index in [1.807, 2.05) is 30.1 Å². The SMILES string of the molecule is CNCc1ccc(-n2ccc(C3CC3)n2)c(Cl)c1. The van der Waals surface area contributed by atoms with E-state index in [0.717, 1.165) is 17.3 Å². The third-order valence-corrected chi connectivity index (χ3v) is 3.55. The van der Waals surface area contributed by atoms with Gasteiger partial charge < -0.3 is 5.32 Å². The van der Waals surface area contributed by atoms with Gasteiger partial charge in [0.05, 0.1) is 16.4 Å². The predicted molar refractivity (Wildman–Crippen MR) is 73.3 cm³/mol. The molecule has 3 rings (SSSR count). The Bertz CT molecular complexity index is 558. The molecule has 3 nitrogen and oxygen atoms in total. The summed E-state index contributed by atoms with van der Waals surface area (Å²) in [6.07, 6.45) is 4.53. The van der Waals surface area contributed by atoms with Crippen molar-refractivity contribution in [3.05, 3.63) is 46.7 Å². The van der Waals surface area contributed by atoms with Crippen molar-refractivity contribution < 1.29 is 0 Å². The first kappa shape index (κ1) is 11.8. The highest BCUT2D eigenvalue weighted by Crippen LogP contribution is 2.39. The molecule has 0 atom stereocenters. The number of hydrogen-bond acceptors (Lipinski definition) is 2. The van der Waals surface area contributed by atoms with Crippen molar-refractivity contribution in [3.63, 3.8) is 0 Å². The molecule has 2 aromatic rings. The number of nitrogens with zero attached hydrogens (tertiary/aromatic N) is 2. The zero-order valence-electron chi connectivity index (χ0n) is 10.4. The average Bonchev–Trinajstić information content (AvgIpc) is 3.09. The van der Waals surface area contributed by atoms with Gasteiger partial charge in [-0.25, -0.2) is 4.68 Å². The van der Waals surface area contributed by atoms with Gasteiger partial charge in [0, 0.05) is 18.7 Å².